The van der Waals surface area contributed by atoms with Gasteiger partial charge in [0.2, 0.25) is 0 Å². The normalized spacial score (nSPS) is 23.8. The van der Waals surface area contributed by atoms with Crippen LogP contribution in [-0.2, 0) is 4.74 Å². The number of rotatable bonds is 5. The molecule has 72 valence electrons. The summed E-state index contributed by atoms with van der Waals surface area (Å²) in [4.78, 5) is 2.14. The lowest BCUT2D eigenvalue weighted by atomic mass is 10.2. The zero-order chi connectivity index (χ0) is 8.81. The minimum Gasteiger partial charge on any atom is -0.379 e. The highest BCUT2D eigenvalue weighted by Gasteiger charge is 2.13. The molecule has 1 fully saturated rings. The molecule has 0 aromatic heterocycles. The van der Waals surface area contributed by atoms with Crippen molar-refractivity contribution in [3.05, 3.63) is 0 Å². The molecule has 1 N–H and O–H groups in total. The molecule has 1 heterocycles. The average Bonchev–Trinajstić information content (AvgIpc) is 2.49. The molecular formula is C9H20N2O. The molecule has 0 aromatic rings. The third kappa shape index (κ3) is 4.04. The summed E-state index contributed by atoms with van der Waals surface area (Å²) >= 11 is 0. The predicted octanol–water partition coefficient (Wildman–Crippen LogP) is 0.317. The minimum absolute atomic E-state index is 0.618. The lowest BCUT2D eigenvalue weighted by Crippen LogP contribution is -2.28. The molecule has 1 aliphatic heterocycles. The van der Waals surface area contributed by atoms with Crippen LogP contribution in [0, 0.1) is 0 Å². The fourth-order valence-corrected chi connectivity index (χ4v) is 1.37. The van der Waals surface area contributed by atoms with Gasteiger partial charge in [-0.1, -0.05) is 0 Å². The van der Waals surface area contributed by atoms with Crippen molar-refractivity contribution in [3.8, 4) is 0 Å². The highest BCUT2D eigenvalue weighted by atomic mass is 16.5. The number of hydrogen-bond acceptors (Lipinski definition) is 3. The van der Waals surface area contributed by atoms with Gasteiger partial charge in [-0.3, -0.25) is 0 Å². The first-order valence-electron chi connectivity index (χ1n) is 4.75. The Morgan fingerprint density at radius 1 is 1.50 bits per heavy atom. The second-order valence-electron chi connectivity index (χ2n) is 3.67. The van der Waals surface area contributed by atoms with E-state index in [1.54, 1.807) is 0 Å². The van der Waals surface area contributed by atoms with Gasteiger partial charge in [-0.05, 0) is 33.5 Å². The summed E-state index contributed by atoms with van der Waals surface area (Å²) in [6.45, 7) is 3.92. The first-order valence-corrected chi connectivity index (χ1v) is 4.75. The molecule has 12 heavy (non-hydrogen) atoms. The van der Waals surface area contributed by atoms with E-state index < -0.39 is 0 Å². The second-order valence-corrected chi connectivity index (χ2v) is 3.67. The topological polar surface area (TPSA) is 24.5 Å². The molecule has 0 aliphatic carbocycles. The van der Waals surface area contributed by atoms with Crippen LogP contribution in [0.3, 0.4) is 0 Å². The molecule has 1 rings (SSSR count). The van der Waals surface area contributed by atoms with E-state index in [1.165, 1.54) is 19.4 Å². The third-order valence-electron chi connectivity index (χ3n) is 2.16. The summed E-state index contributed by atoms with van der Waals surface area (Å²) in [5, 5.41) is 3.41. The van der Waals surface area contributed by atoms with Gasteiger partial charge in [0.05, 0.1) is 13.2 Å². The smallest absolute Gasteiger partial charge is 0.0620 e. The van der Waals surface area contributed by atoms with Gasteiger partial charge in [0, 0.05) is 12.6 Å². The molecule has 3 heteroatoms. The highest BCUT2D eigenvalue weighted by Crippen LogP contribution is 2.04. The van der Waals surface area contributed by atoms with Crippen molar-refractivity contribution in [2.24, 2.45) is 0 Å². The van der Waals surface area contributed by atoms with E-state index in [0.29, 0.717) is 6.04 Å². The molecule has 1 atom stereocenters. The quantitative estimate of drug-likeness (QED) is 0.604. The van der Waals surface area contributed by atoms with Crippen LogP contribution in [0.1, 0.15) is 12.8 Å². The van der Waals surface area contributed by atoms with Crippen LogP contribution in [0.15, 0.2) is 0 Å². The van der Waals surface area contributed by atoms with Crippen molar-refractivity contribution in [1.29, 1.82) is 0 Å². The monoisotopic (exact) mass is 172 g/mol. The molecule has 0 saturated carbocycles. The number of hydrogen-bond donors (Lipinski definition) is 1. The van der Waals surface area contributed by atoms with Gasteiger partial charge in [-0.2, -0.15) is 0 Å². The van der Waals surface area contributed by atoms with E-state index in [9.17, 15) is 0 Å². The standard InChI is InChI=1S/C9H20N2O/c1-11(2)6-7-12-8-9-4-3-5-10-9/h9-10H,3-8H2,1-2H3. The second kappa shape index (κ2) is 5.51. The lowest BCUT2D eigenvalue weighted by Gasteiger charge is -2.13. The maximum Gasteiger partial charge on any atom is 0.0620 e. The van der Waals surface area contributed by atoms with E-state index >= 15 is 0 Å². The van der Waals surface area contributed by atoms with Crippen molar-refractivity contribution >= 4 is 0 Å². The molecule has 0 bridgehead atoms. The van der Waals surface area contributed by atoms with Crippen LogP contribution >= 0.6 is 0 Å². The zero-order valence-electron chi connectivity index (χ0n) is 8.18. The van der Waals surface area contributed by atoms with Crippen molar-refractivity contribution < 1.29 is 4.74 Å². The maximum absolute atomic E-state index is 5.52. The van der Waals surface area contributed by atoms with Gasteiger partial charge in [0.15, 0.2) is 0 Å². The number of likely N-dealkylation sites (N-methyl/N-ethyl adjacent to an activating group) is 1. The first-order chi connectivity index (χ1) is 5.79. The molecule has 1 aliphatic rings. The van der Waals surface area contributed by atoms with Crippen LogP contribution in [0.4, 0.5) is 0 Å². The molecule has 0 radical (unpaired) electrons. The van der Waals surface area contributed by atoms with E-state index in [0.717, 1.165) is 19.8 Å². The Morgan fingerprint density at radius 3 is 2.92 bits per heavy atom. The Hall–Kier alpha value is -0.120. The van der Waals surface area contributed by atoms with Crippen LogP contribution in [0.2, 0.25) is 0 Å². The van der Waals surface area contributed by atoms with Gasteiger partial charge >= 0.3 is 0 Å². The number of ether oxygens (including phenoxy) is 1. The SMILES string of the molecule is CN(C)CCOCC1CCCN1. The molecule has 0 amide bonds. The molecular weight excluding hydrogens is 152 g/mol. The molecule has 0 aromatic carbocycles. The Morgan fingerprint density at radius 2 is 2.33 bits per heavy atom. The largest absolute Gasteiger partial charge is 0.379 e. The average molecular weight is 172 g/mol. The van der Waals surface area contributed by atoms with E-state index in [-0.39, 0.29) is 0 Å². The Kier molecular flexibility index (Phi) is 4.58. The third-order valence-corrected chi connectivity index (χ3v) is 2.16. The molecule has 1 unspecified atom stereocenters. The summed E-state index contributed by atoms with van der Waals surface area (Å²) in [6, 6.07) is 0.618. The highest BCUT2D eigenvalue weighted by molar-refractivity contribution is 4.73. The predicted molar refractivity (Wildman–Crippen MR) is 50.4 cm³/mol. The Labute approximate surface area is 75.1 Å². The van der Waals surface area contributed by atoms with Crippen LogP contribution in [0.5, 0.6) is 0 Å². The van der Waals surface area contributed by atoms with E-state index in [4.69, 9.17) is 4.74 Å². The van der Waals surface area contributed by atoms with Gasteiger partial charge in [0.1, 0.15) is 0 Å². The molecule has 1 saturated heterocycles. The fraction of sp³-hybridized carbons (Fsp3) is 1.00. The van der Waals surface area contributed by atoms with Crippen LogP contribution in [-0.4, -0.2) is 51.3 Å². The van der Waals surface area contributed by atoms with Crippen molar-refractivity contribution in [3.63, 3.8) is 0 Å². The van der Waals surface area contributed by atoms with Crippen molar-refractivity contribution in [2.45, 2.75) is 18.9 Å². The molecule has 0 spiro atoms. The van der Waals surface area contributed by atoms with Gasteiger partial charge < -0.3 is 15.0 Å². The zero-order valence-corrected chi connectivity index (χ0v) is 8.18. The van der Waals surface area contributed by atoms with E-state index in [2.05, 4.69) is 24.3 Å². The summed E-state index contributed by atoms with van der Waals surface area (Å²) in [6.07, 6.45) is 2.59. The summed E-state index contributed by atoms with van der Waals surface area (Å²) in [5.41, 5.74) is 0. The summed E-state index contributed by atoms with van der Waals surface area (Å²) in [7, 11) is 4.13. The first kappa shape index (κ1) is 9.96. The van der Waals surface area contributed by atoms with Gasteiger partial charge in [-0.25, -0.2) is 0 Å². The lowest BCUT2D eigenvalue weighted by molar-refractivity contribution is 0.102. The number of nitrogens with one attached hydrogen (secondary N) is 1. The maximum atomic E-state index is 5.52. The number of nitrogens with zero attached hydrogens (tertiary/aromatic N) is 1. The Balaban J connectivity index is 1.88. The fourth-order valence-electron chi connectivity index (χ4n) is 1.37. The van der Waals surface area contributed by atoms with E-state index in [1.807, 2.05) is 0 Å². The summed E-state index contributed by atoms with van der Waals surface area (Å²) in [5.74, 6) is 0. The minimum atomic E-state index is 0.618. The summed E-state index contributed by atoms with van der Waals surface area (Å²) < 4.78 is 5.52. The molecule has 3 nitrogen and oxygen atoms in total. The Bertz CT molecular complexity index is 111. The van der Waals surface area contributed by atoms with Gasteiger partial charge in [0.25, 0.3) is 0 Å². The van der Waals surface area contributed by atoms with Crippen LogP contribution < -0.4 is 5.32 Å². The van der Waals surface area contributed by atoms with Crippen LogP contribution in [0.25, 0.3) is 0 Å². The van der Waals surface area contributed by atoms with Crippen molar-refractivity contribution in [2.75, 3.05) is 40.4 Å². The van der Waals surface area contributed by atoms with Crippen molar-refractivity contribution in [1.82, 2.24) is 10.2 Å². The van der Waals surface area contributed by atoms with Gasteiger partial charge in [-0.15, -0.1) is 0 Å².